The Labute approximate surface area is 264 Å². The molecular weight excluding hydrogens is 558 g/mol. The first-order valence-corrected chi connectivity index (χ1v) is 16.2. The van der Waals surface area contributed by atoms with Crippen molar-refractivity contribution < 1.29 is 30.0 Å². The van der Waals surface area contributed by atoms with Gasteiger partial charge in [0.2, 0.25) is 0 Å². The predicted molar refractivity (Wildman–Crippen MR) is 176 cm³/mol. The van der Waals surface area contributed by atoms with Gasteiger partial charge in [0.15, 0.2) is 0 Å². The zero-order valence-corrected chi connectivity index (χ0v) is 27.4. The summed E-state index contributed by atoms with van der Waals surface area (Å²) in [6.45, 7) is 14.0. The molecule has 0 aromatic heterocycles. The van der Waals surface area contributed by atoms with Crippen LogP contribution in [-0.4, -0.2) is 63.5 Å². The molecule has 0 saturated carbocycles. The Morgan fingerprint density at radius 3 is 2.45 bits per heavy atom. The number of ether oxygens (including phenoxy) is 1. The number of unbranched alkanes of at least 4 members (excludes halogenated alkanes) is 1. The second-order valence-electron chi connectivity index (χ2n) is 12.7. The topological polar surface area (TPSA) is 156 Å². The number of nitrogens with zero attached hydrogens (tertiary/aromatic N) is 3. The summed E-state index contributed by atoms with van der Waals surface area (Å²) in [6.07, 6.45) is 15.8. The summed E-state index contributed by atoms with van der Waals surface area (Å²) in [4.78, 5) is 15.6. The van der Waals surface area contributed by atoms with Crippen molar-refractivity contribution in [3.8, 4) is 0 Å². The highest BCUT2D eigenvalue weighted by Crippen LogP contribution is 2.28. The number of aliphatic hydroxyl groups excluding tert-OH is 4. The second kappa shape index (κ2) is 21.9. The van der Waals surface area contributed by atoms with E-state index in [1.807, 2.05) is 39.8 Å². The molecule has 4 N–H and O–H groups in total. The van der Waals surface area contributed by atoms with Crippen LogP contribution in [0.25, 0.3) is 10.4 Å². The maximum absolute atomic E-state index is 12.9. The van der Waals surface area contributed by atoms with Gasteiger partial charge in [0, 0.05) is 47.6 Å². The Morgan fingerprint density at radius 1 is 1.05 bits per heavy atom. The van der Waals surface area contributed by atoms with Crippen LogP contribution in [0.5, 0.6) is 0 Å². The van der Waals surface area contributed by atoms with Crippen LogP contribution in [0.4, 0.5) is 0 Å². The van der Waals surface area contributed by atoms with E-state index in [9.17, 15) is 25.2 Å². The molecule has 0 aromatic carbocycles. The molecule has 4 unspecified atom stereocenters. The van der Waals surface area contributed by atoms with Crippen molar-refractivity contribution in [2.24, 2.45) is 40.6 Å². The maximum Gasteiger partial charge on any atom is 0.331 e. The largest absolute Gasteiger partial charge is 0.458 e. The number of aliphatic hydroxyl groups is 4. The molecular formula is C35H57N3O6. The number of allylic oxidation sites excluding steroid dienone is 4. The van der Waals surface area contributed by atoms with Gasteiger partial charge in [-0.1, -0.05) is 101 Å². The number of esters is 1. The molecule has 0 aromatic rings. The maximum atomic E-state index is 12.9. The number of rotatable bonds is 8. The molecule has 0 spiro atoms. The Kier molecular flexibility index (Phi) is 19.6. The highest BCUT2D eigenvalue weighted by molar-refractivity contribution is 5.82. The number of carbonyl (C=O) groups excluding carboxylic acids is 1. The van der Waals surface area contributed by atoms with Crippen molar-refractivity contribution in [3.63, 3.8) is 0 Å². The SMILES string of the molecule is C=C/C=C\[C@H](C)[C@@H]1OC(=O)/C=C\C=C\[C@@H](CCCCN=[N+]=[N-])[C@@H](O)C[C@H](O)/C=C\C(C)[C@H](O)[C@@H](C)CC(C)CCC(O)C1C. The molecule has 0 radical (unpaired) electrons. The van der Waals surface area contributed by atoms with Crippen molar-refractivity contribution in [2.75, 3.05) is 6.54 Å². The molecule has 44 heavy (non-hydrogen) atoms. The Morgan fingerprint density at radius 2 is 1.77 bits per heavy atom. The third kappa shape index (κ3) is 15.4. The summed E-state index contributed by atoms with van der Waals surface area (Å²) in [7, 11) is 0. The van der Waals surface area contributed by atoms with Crippen LogP contribution >= 0.6 is 0 Å². The van der Waals surface area contributed by atoms with E-state index in [4.69, 9.17) is 10.3 Å². The molecule has 1 aliphatic heterocycles. The first kappa shape index (κ1) is 39.3. The minimum Gasteiger partial charge on any atom is -0.458 e. The number of azide groups is 1. The molecule has 248 valence electrons. The van der Waals surface area contributed by atoms with Gasteiger partial charge in [0.05, 0.1) is 24.4 Å². The van der Waals surface area contributed by atoms with Crippen LogP contribution in [-0.2, 0) is 9.53 Å². The summed E-state index contributed by atoms with van der Waals surface area (Å²) in [5.41, 5.74) is 8.52. The summed E-state index contributed by atoms with van der Waals surface area (Å²) < 4.78 is 5.87. The lowest BCUT2D eigenvalue weighted by Gasteiger charge is -2.31. The van der Waals surface area contributed by atoms with Gasteiger partial charge >= 0.3 is 5.97 Å². The second-order valence-corrected chi connectivity index (χ2v) is 12.7. The predicted octanol–water partition coefficient (Wildman–Crippen LogP) is 6.60. The Hall–Kier alpha value is -2.68. The molecule has 1 heterocycles. The lowest BCUT2D eigenvalue weighted by atomic mass is 9.82. The number of carbonyl (C=O) groups is 1. The van der Waals surface area contributed by atoms with Gasteiger partial charge < -0.3 is 25.2 Å². The Balaban J connectivity index is 3.29. The van der Waals surface area contributed by atoms with Gasteiger partial charge in [-0.3, -0.25) is 0 Å². The highest BCUT2D eigenvalue weighted by atomic mass is 16.5. The fraction of sp³-hybridized carbons (Fsp3) is 0.686. The van der Waals surface area contributed by atoms with Crippen molar-refractivity contribution in [2.45, 2.75) is 110 Å². The lowest BCUT2D eigenvalue weighted by molar-refractivity contribution is -0.150. The zero-order chi connectivity index (χ0) is 33.1. The van der Waals surface area contributed by atoms with Crippen LogP contribution in [0.15, 0.2) is 66.4 Å². The average Bonchev–Trinajstić information content (AvgIpc) is 2.99. The summed E-state index contributed by atoms with van der Waals surface area (Å²) in [6, 6.07) is 0. The van der Waals surface area contributed by atoms with Gasteiger partial charge in [-0.05, 0) is 49.5 Å². The molecule has 0 aliphatic carbocycles. The van der Waals surface area contributed by atoms with E-state index in [-0.39, 0.29) is 41.9 Å². The Bertz CT molecular complexity index is 1000. The number of cyclic esters (lactones) is 1. The van der Waals surface area contributed by atoms with E-state index < -0.39 is 36.5 Å². The average molecular weight is 616 g/mol. The number of hydrogen-bond donors (Lipinski definition) is 4. The van der Waals surface area contributed by atoms with Crippen molar-refractivity contribution >= 4 is 5.97 Å². The van der Waals surface area contributed by atoms with Crippen LogP contribution in [0.3, 0.4) is 0 Å². The molecule has 0 bridgehead atoms. The van der Waals surface area contributed by atoms with Gasteiger partial charge in [0.25, 0.3) is 0 Å². The third-order valence-electron chi connectivity index (χ3n) is 8.72. The van der Waals surface area contributed by atoms with Gasteiger partial charge in [-0.15, -0.1) is 0 Å². The molecule has 9 nitrogen and oxygen atoms in total. The van der Waals surface area contributed by atoms with Crippen LogP contribution in [0.2, 0.25) is 0 Å². The fourth-order valence-corrected chi connectivity index (χ4v) is 5.86. The van der Waals surface area contributed by atoms with E-state index in [0.29, 0.717) is 32.2 Å². The smallest absolute Gasteiger partial charge is 0.331 e. The molecule has 0 amide bonds. The molecule has 0 fully saturated rings. The monoisotopic (exact) mass is 615 g/mol. The van der Waals surface area contributed by atoms with E-state index >= 15 is 0 Å². The minimum absolute atomic E-state index is 0.00393. The van der Waals surface area contributed by atoms with Crippen molar-refractivity contribution in [1.29, 1.82) is 0 Å². The summed E-state index contributed by atoms with van der Waals surface area (Å²) in [5, 5.41) is 47.3. The normalized spacial score (nSPS) is 36.5. The van der Waals surface area contributed by atoms with E-state index in [1.54, 1.807) is 36.5 Å². The molecule has 1 rings (SSSR count). The van der Waals surface area contributed by atoms with E-state index in [2.05, 4.69) is 23.5 Å². The van der Waals surface area contributed by atoms with Crippen molar-refractivity contribution in [3.05, 3.63) is 71.7 Å². The molecule has 0 saturated heterocycles. The van der Waals surface area contributed by atoms with Gasteiger partial charge in [-0.2, -0.15) is 0 Å². The molecule has 9 heteroatoms. The van der Waals surface area contributed by atoms with Crippen LogP contribution in [0, 0.1) is 35.5 Å². The van der Waals surface area contributed by atoms with E-state index in [1.165, 1.54) is 6.08 Å². The zero-order valence-electron chi connectivity index (χ0n) is 27.4. The van der Waals surface area contributed by atoms with Crippen LogP contribution in [0.1, 0.15) is 79.6 Å². The van der Waals surface area contributed by atoms with Crippen LogP contribution < -0.4 is 0 Å². The molecule has 1 aliphatic rings. The van der Waals surface area contributed by atoms with Gasteiger partial charge in [0.1, 0.15) is 6.10 Å². The first-order chi connectivity index (χ1) is 20.9. The van der Waals surface area contributed by atoms with Gasteiger partial charge in [-0.25, -0.2) is 4.79 Å². The lowest BCUT2D eigenvalue weighted by Crippen LogP contribution is -2.37. The van der Waals surface area contributed by atoms with Crippen molar-refractivity contribution in [1.82, 2.24) is 0 Å². The highest BCUT2D eigenvalue weighted by Gasteiger charge is 2.31. The molecule has 11 atom stereocenters. The third-order valence-corrected chi connectivity index (χ3v) is 8.72. The summed E-state index contributed by atoms with van der Waals surface area (Å²) in [5.74, 6) is -1.24. The van der Waals surface area contributed by atoms with E-state index in [0.717, 1.165) is 12.8 Å². The fourth-order valence-electron chi connectivity index (χ4n) is 5.86. The number of hydrogen-bond acceptors (Lipinski definition) is 7. The standard InChI is InChI=1S/C35H57N3O6/c1-7-8-13-26(4)35-28(6)31(40)20-17-24(2)22-27(5)34(43)25(3)18-19-30(39)23-32(41)29(15-11-12-21-37-38-36)14-9-10-16-33(42)44-35/h7-10,13-14,16,18-19,24-32,34-35,39-41,43H,1,11-12,15,17,20-23H2,2-6H3/b13-8-,14-9+,16-10-,19-18-/t24?,25?,26-,27-,28?,29-,30+,31?,32-,34-,35-/m0/s1. The minimum atomic E-state index is -0.895. The first-order valence-electron chi connectivity index (χ1n) is 16.2. The summed E-state index contributed by atoms with van der Waals surface area (Å²) >= 11 is 0. The quantitative estimate of drug-likeness (QED) is 0.0458.